The van der Waals surface area contributed by atoms with Crippen molar-refractivity contribution >= 4 is 48.9 Å². The molecule has 240 valence electrons. The van der Waals surface area contributed by atoms with Crippen LogP contribution in [-0.2, 0) is 5.41 Å². The highest BCUT2D eigenvalue weighted by Gasteiger charge is 2.37. The number of rotatable bonds is 6. The van der Waals surface area contributed by atoms with Crippen molar-refractivity contribution in [2.45, 2.75) is 26.2 Å². The van der Waals surface area contributed by atoms with E-state index >= 15 is 0 Å². The number of thiazole rings is 1. The Hall–Kier alpha value is -5.98. The van der Waals surface area contributed by atoms with Gasteiger partial charge >= 0.3 is 0 Å². The van der Waals surface area contributed by atoms with Crippen LogP contribution in [0.15, 0.2) is 140 Å². The van der Waals surface area contributed by atoms with Gasteiger partial charge in [-0.3, -0.25) is 0 Å². The predicted molar refractivity (Wildman–Crippen MR) is 209 cm³/mol. The monoisotopic (exact) mass is 663 g/mol. The van der Waals surface area contributed by atoms with Crippen molar-refractivity contribution in [3.8, 4) is 39.6 Å². The molecule has 0 fully saturated rings. The minimum atomic E-state index is -0.135. The Bertz CT molecular complexity index is 2710. The van der Waals surface area contributed by atoms with Crippen molar-refractivity contribution in [3.05, 3.63) is 156 Å². The molecular weight excluding hydrogens is 631 g/mol. The summed E-state index contributed by atoms with van der Waals surface area (Å²) in [4.78, 5) is 19.5. The first kappa shape index (κ1) is 30.1. The number of hydrogen-bond acceptors (Lipinski definition) is 5. The molecule has 0 spiro atoms. The van der Waals surface area contributed by atoms with Crippen molar-refractivity contribution in [1.82, 2.24) is 24.5 Å². The Labute approximate surface area is 294 Å². The van der Waals surface area contributed by atoms with E-state index in [0.29, 0.717) is 17.5 Å². The number of fused-ring (bicyclic) bond motifs is 8. The molecular formula is C44H33N5S. The van der Waals surface area contributed by atoms with Crippen LogP contribution in [0.3, 0.4) is 0 Å². The summed E-state index contributed by atoms with van der Waals surface area (Å²) in [6.07, 6.45) is 7.69. The Morgan fingerprint density at radius 3 is 2.36 bits per heavy atom. The van der Waals surface area contributed by atoms with Gasteiger partial charge in [0.05, 0.1) is 26.8 Å². The van der Waals surface area contributed by atoms with E-state index in [0.717, 1.165) is 44.3 Å². The fraction of sp³-hybridized carbons (Fsp3) is 0.0909. The summed E-state index contributed by atoms with van der Waals surface area (Å²) in [5, 5.41) is 2.32. The highest BCUT2D eigenvalue weighted by atomic mass is 32.1. The van der Waals surface area contributed by atoms with Crippen LogP contribution in [0.2, 0.25) is 0 Å². The highest BCUT2D eigenvalue weighted by molar-refractivity contribution is 7.17. The Kier molecular flexibility index (Phi) is 6.97. The van der Waals surface area contributed by atoms with Crippen molar-refractivity contribution in [3.63, 3.8) is 0 Å². The number of allylic oxidation sites excluding steroid dienone is 5. The molecule has 0 N–H and O–H groups in total. The molecule has 6 heteroatoms. The summed E-state index contributed by atoms with van der Waals surface area (Å²) < 4.78 is 3.66. The van der Waals surface area contributed by atoms with Crippen molar-refractivity contribution < 1.29 is 0 Å². The van der Waals surface area contributed by atoms with Crippen LogP contribution in [0.4, 0.5) is 0 Å². The van der Waals surface area contributed by atoms with Crippen molar-refractivity contribution in [1.29, 1.82) is 0 Å². The first-order valence-electron chi connectivity index (χ1n) is 16.8. The number of para-hydroxylation sites is 1. The van der Waals surface area contributed by atoms with Crippen molar-refractivity contribution in [2.24, 2.45) is 0 Å². The molecule has 3 heterocycles. The lowest BCUT2D eigenvalue weighted by molar-refractivity contribution is 0.660. The number of nitrogens with zero attached hydrogens (tertiary/aromatic N) is 5. The maximum Gasteiger partial charge on any atom is 0.164 e. The van der Waals surface area contributed by atoms with Crippen LogP contribution in [-0.4, -0.2) is 24.5 Å². The quantitative estimate of drug-likeness (QED) is 0.166. The number of hydrogen-bond donors (Lipinski definition) is 0. The first-order chi connectivity index (χ1) is 24.5. The van der Waals surface area contributed by atoms with Gasteiger partial charge in [0.25, 0.3) is 0 Å². The van der Waals surface area contributed by atoms with Gasteiger partial charge < -0.3 is 4.57 Å². The lowest BCUT2D eigenvalue weighted by Crippen LogP contribution is -2.15. The van der Waals surface area contributed by atoms with Crippen LogP contribution in [0.5, 0.6) is 0 Å². The van der Waals surface area contributed by atoms with Gasteiger partial charge in [0.15, 0.2) is 17.5 Å². The van der Waals surface area contributed by atoms with Crippen molar-refractivity contribution in [2.75, 3.05) is 0 Å². The minimum Gasteiger partial charge on any atom is -0.309 e. The van der Waals surface area contributed by atoms with Crippen LogP contribution in [0.1, 0.15) is 37.7 Å². The zero-order valence-electron chi connectivity index (χ0n) is 28.1. The molecule has 8 aromatic rings. The van der Waals surface area contributed by atoms with Gasteiger partial charge in [-0.1, -0.05) is 105 Å². The van der Waals surface area contributed by atoms with E-state index in [4.69, 9.17) is 15.0 Å². The molecule has 9 rings (SSSR count). The smallest absolute Gasteiger partial charge is 0.164 e. The average molecular weight is 664 g/mol. The van der Waals surface area contributed by atoms with E-state index in [1.807, 2.05) is 61.0 Å². The lowest BCUT2D eigenvalue weighted by Gasteiger charge is -2.22. The second kappa shape index (κ2) is 11.6. The van der Waals surface area contributed by atoms with Crippen LogP contribution >= 0.6 is 11.3 Å². The van der Waals surface area contributed by atoms with Gasteiger partial charge in [0.1, 0.15) is 0 Å². The SMILES string of the molecule is C=C/C=C(\C=C/C)c1nc(-c2ccccc2)nc(-c2ccc3c(c2)c2ccccc2n3-c2ccc3c(c2)C(C)(C)c2ccc4ncsc4c2-3)n1. The summed E-state index contributed by atoms with van der Waals surface area (Å²) in [5.41, 5.74) is 14.4. The molecule has 3 aromatic heterocycles. The third-order valence-electron chi connectivity index (χ3n) is 9.88. The van der Waals surface area contributed by atoms with E-state index in [1.165, 1.54) is 32.3 Å². The van der Waals surface area contributed by atoms with Crippen LogP contribution < -0.4 is 0 Å². The zero-order valence-corrected chi connectivity index (χ0v) is 28.9. The third kappa shape index (κ3) is 4.60. The predicted octanol–water partition coefficient (Wildman–Crippen LogP) is 11.4. The van der Waals surface area contributed by atoms with Crippen LogP contribution in [0.25, 0.3) is 77.2 Å². The zero-order chi connectivity index (χ0) is 34.0. The third-order valence-corrected chi connectivity index (χ3v) is 10.7. The molecule has 0 aliphatic heterocycles. The molecule has 0 saturated heterocycles. The molecule has 0 saturated carbocycles. The summed E-state index contributed by atoms with van der Waals surface area (Å²) in [6.45, 7) is 10.6. The molecule has 0 radical (unpaired) electrons. The van der Waals surface area contributed by atoms with E-state index < -0.39 is 0 Å². The van der Waals surface area contributed by atoms with Gasteiger partial charge in [0, 0.05) is 44.1 Å². The van der Waals surface area contributed by atoms with Gasteiger partial charge in [-0.15, -0.1) is 11.3 Å². The topological polar surface area (TPSA) is 56.5 Å². The van der Waals surface area contributed by atoms with Gasteiger partial charge in [-0.25, -0.2) is 19.9 Å². The van der Waals surface area contributed by atoms with E-state index in [2.05, 4.69) is 103 Å². The molecule has 5 aromatic carbocycles. The normalized spacial score (nSPS) is 13.8. The summed E-state index contributed by atoms with van der Waals surface area (Å²) >= 11 is 1.73. The minimum absolute atomic E-state index is 0.135. The molecule has 0 amide bonds. The standard InChI is InChI=1S/C44H33N5S/c1-5-12-27(13-6-2)41-46-42(28-14-8-7-9-15-28)48-43(47-41)29-18-23-38-33(24-29)31-16-10-11-17-37(31)49(38)30-19-20-32-35(25-30)44(3,4)34-21-22-36-40(39(32)34)50-26-45-36/h5-26H,1H2,2-4H3/b13-6-,27-12+. The second-order valence-electron chi connectivity index (χ2n) is 13.2. The summed E-state index contributed by atoms with van der Waals surface area (Å²) in [7, 11) is 0. The Balaban J connectivity index is 1.23. The maximum absolute atomic E-state index is 5.01. The molecule has 5 nitrogen and oxygen atoms in total. The first-order valence-corrected chi connectivity index (χ1v) is 17.7. The lowest BCUT2D eigenvalue weighted by atomic mass is 9.82. The average Bonchev–Trinajstić information content (AvgIpc) is 3.82. The van der Waals surface area contributed by atoms with E-state index in [-0.39, 0.29) is 5.41 Å². The van der Waals surface area contributed by atoms with Gasteiger partial charge in [0.2, 0.25) is 0 Å². The van der Waals surface area contributed by atoms with Gasteiger partial charge in [-0.2, -0.15) is 0 Å². The molecule has 1 aliphatic carbocycles. The molecule has 50 heavy (non-hydrogen) atoms. The van der Waals surface area contributed by atoms with Gasteiger partial charge in [-0.05, 0) is 66.1 Å². The Morgan fingerprint density at radius 2 is 1.54 bits per heavy atom. The molecule has 0 bridgehead atoms. The largest absolute Gasteiger partial charge is 0.309 e. The van der Waals surface area contributed by atoms with E-state index in [9.17, 15) is 0 Å². The molecule has 0 unspecified atom stereocenters. The maximum atomic E-state index is 5.01. The fourth-order valence-electron chi connectivity index (χ4n) is 7.52. The van der Waals surface area contributed by atoms with Crippen LogP contribution in [0, 0.1) is 0 Å². The summed E-state index contributed by atoms with van der Waals surface area (Å²) in [5.74, 6) is 1.86. The Morgan fingerprint density at radius 1 is 0.760 bits per heavy atom. The fourth-order valence-corrected chi connectivity index (χ4v) is 8.37. The number of aromatic nitrogens is 5. The highest BCUT2D eigenvalue weighted by Crippen LogP contribution is 2.52. The second-order valence-corrected chi connectivity index (χ2v) is 14.0. The molecule has 0 atom stereocenters. The molecule has 1 aliphatic rings. The van der Waals surface area contributed by atoms with E-state index in [1.54, 1.807) is 17.4 Å². The summed E-state index contributed by atoms with van der Waals surface area (Å²) in [6, 6.07) is 36.7. The number of benzene rings is 5.